The molecule has 0 spiro atoms. The standard InChI is InChI=1S/C26H22ClIN2O5S/c1-4-34-24-13-18(11-19(15-29)26(31)30-20-8-7-17(3)22(27)14-20)12-23(28)25(24)35-36(32,33)21-9-5-16(2)6-10-21/h5-14H,4H2,1-3H3,(H,30,31)/b19-11+. The van der Waals surface area contributed by atoms with Crippen LogP contribution in [0, 0.1) is 28.7 Å². The molecule has 186 valence electrons. The van der Waals surface area contributed by atoms with Gasteiger partial charge in [-0.15, -0.1) is 0 Å². The summed E-state index contributed by atoms with van der Waals surface area (Å²) in [6, 6.07) is 16.3. The summed E-state index contributed by atoms with van der Waals surface area (Å²) in [5.74, 6) is -0.436. The number of hydrogen-bond acceptors (Lipinski definition) is 6. The van der Waals surface area contributed by atoms with Crippen LogP contribution in [0.15, 0.2) is 65.1 Å². The minimum Gasteiger partial charge on any atom is -0.490 e. The largest absolute Gasteiger partial charge is 0.490 e. The Morgan fingerprint density at radius 3 is 2.44 bits per heavy atom. The molecule has 0 aliphatic rings. The Bertz CT molecular complexity index is 1480. The van der Waals surface area contributed by atoms with E-state index in [4.69, 9.17) is 20.5 Å². The maximum Gasteiger partial charge on any atom is 0.339 e. The van der Waals surface area contributed by atoms with Crippen LogP contribution in [0.3, 0.4) is 0 Å². The van der Waals surface area contributed by atoms with Crippen molar-refractivity contribution in [3.8, 4) is 17.6 Å². The lowest BCUT2D eigenvalue weighted by atomic mass is 10.1. The van der Waals surface area contributed by atoms with Gasteiger partial charge in [0.05, 0.1) is 10.2 Å². The molecule has 3 rings (SSSR count). The predicted octanol–water partition coefficient (Wildman–Crippen LogP) is 6.27. The van der Waals surface area contributed by atoms with Crippen LogP contribution in [-0.2, 0) is 14.9 Å². The number of nitrogens with one attached hydrogen (secondary N) is 1. The molecule has 0 heterocycles. The van der Waals surface area contributed by atoms with Crippen molar-refractivity contribution in [1.29, 1.82) is 5.26 Å². The third kappa shape index (κ3) is 6.78. The lowest BCUT2D eigenvalue weighted by molar-refractivity contribution is -0.112. The number of ether oxygens (including phenoxy) is 1. The highest BCUT2D eigenvalue weighted by Gasteiger charge is 2.22. The molecule has 1 N–H and O–H groups in total. The van der Waals surface area contributed by atoms with Gasteiger partial charge in [0.1, 0.15) is 16.5 Å². The number of rotatable bonds is 8. The van der Waals surface area contributed by atoms with Crippen LogP contribution in [0.1, 0.15) is 23.6 Å². The zero-order chi connectivity index (χ0) is 26.5. The van der Waals surface area contributed by atoms with Crippen molar-refractivity contribution in [1.82, 2.24) is 0 Å². The Hall–Kier alpha value is -3.07. The summed E-state index contributed by atoms with van der Waals surface area (Å²) < 4.78 is 37.2. The topological polar surface area (TPSA) is 105 Å². The van der Waals surface area contributed by atoms with Gasteiger partial charge >= 0.3 is 10.1 Å². The molecule has 0 radical (unpaired) electrons. The minimum absolute atomic E-state index is 0.00923. The van der Waals surface area contributed by atoms with Gasteiger partial charge in [-0.1, -0.05) is 35.4 Å². The van der Waals surface area contributed by atoms with E-state index < -0.39 is 16.0 Å². The average Bonchev–Trinajstić information content (AvgIpc) is 2.82. The van der Waals surface area contributed by atoms with Crippen LogP contribution < -0.4 is 14.2 Å². The molecule has 0 fully saturated rings. The van der Waals surface area contributed by atoms with Gasteiger partial charge in [-0.25, -0.2) is 0 Å². The number of hydrogen-bond donors (Lipinski definition) is 1. The van der Waals surface area contributed by atoms with Crippen molar-refractivity contribution in [2.24, 2.45) is 0 Å². The summed E-state index contributed by atoms with van der Waals surface area (Å²) in [5.41, 5.74) is 2.52. The first kappa shape index (κ1) is 27.5. The average molecular weight is 637 g/mol. The molecule has 0 atom stereocenters. The smallest absolute Gasteiger partial charge is 0.339 e. The first-order valence-electron chi connectivity index (χ1n) is 10.7. The monoisotopic (exact) mass is 636 g/mol. The second kappa shape index (κ2) is 11.8. The molecule has 7 nitrogen and oxygen atoms in total. The molecule has 10 heteroatoms. The number of amides is 1. The zero-order valence-electron chi connectivity index (χ0n) is 19.6. The van der Waals surface area contributed by atoms with E-state index in [-0.39, 0.29) is 28.6 Å². The van der Waals surface area contributed by atoms with Crippen molar-refractivity contribution in [2.75, 3.05) is 11.9 Å². The van der Waals surface area contributed by atoms with E-state index in [0.717, 1.165) is 11.1 Å². The predicted molar refractivity (Wildman–Crippen MR) is 148 cm³/mol. The van der Waals surface area contributed by atoms with Crippen LogP contribution >= 0.6 is 34.2 Å². The third-order valence-corrected chi connectivity index (χ3v) is 7.38. The number of halogens is 2. The Balaban J connectivity index is 1.93. The lowest BCUT2D eigenvalue weighted by Crippen LogP contribution is -2.13. The van der Waals surface area contributed by atoms with E-state index >= 15 is 0 Å². The van der Waals surface area contributed by atoms with Crippen molar-refractivity contribution in [3.05, 3.63) is 85.5 Å². The van der Waals surface area contributed by atoms with E-state index in [2.05, 4.69) is 5.32 Å². The molecule has 36 heavy (non-hydrogen) atoms. The van der Waals surface area contributed by atoms with Crippen LogP contribution in [-0.4, -0.2) is 20.9 Å². The molecule has 3 aromatic rings. The number of carbonyl (C=O) groups is 1. The molecule has 0 unspecified atom stereocenters. The number of carbonyl (C=O) groups excluding carboxylic acids is 1. The molecular weight excluding hydrogens is 615 g/mol. The molecule has 0 aliphatic heterocycles. The van der Waals surface area contributed by atoms with Crippen LogP contribution in [0.25, 0.3) is 6.08 Å². The fourth-order valence-electron chi connectivity index (χ4n) is 3.06. The van der Waals surface area contributed by atoms with E-state index in [0.29, 0.717) is 19.8 Å². The quantitative estimate of drug-likeness (QED) is 0.135. The molecule has 0 aliphatic carbocycles. The number of nitriles is 1. The van der Waals surface area contributed by atoms with E-state index in [1.54, 1.807) is 43.3 Å². The van der Waals surface area contributed by atoms with Gasteiger partial charge in [-0.2, -0.15) is 13.7 Å². The van der Waals surface area contributed by atoms with Crippen LogP contribution in [0.2, 0.25) is 5.02 Å². The molecular formula is C26H22ClIN2O5S. The highest BCUT2D eigenvalue weighted by molar-refractivity contribution is 14.1. The number of benzene rings is 3. The molecule has 0 saturated heterocycles. The van der Waals surface area contributed by atoms with Gasteiger partial charge in [-0.05, 0) is 97.0 Å². The highest BCUT2D eigenvalue weighted by atomic mass is 127. The van der Waals surface area contributed by atoms with Gasteiger partial charge in [0.15, 0.2) is 11.5 Å². The lowest BCUT2D eigenvalue weighted by Gasteiger charge is -2.15. The van der Waals surface area contributed by atoms with E-state index in [1.165, 1.54) is 24.3 Å². The first-order chi connectivity index (χ1) is 17.0. The second-order valence-electron chi connectivity index (χ2n) is 7.70. The van der Waals surface area contributed by atoms with Gasteiger partial charge in [0.2, 0.25) is 0 Å². The first-order valence-corrected chi connectivity index (χ1v) is 13.6. The summed E-state index contributed by atoms with van der Waals surface area (Å²) in [6.45, 7) is 5.68. The van der Waals surface area contributed by atoms with Crippen molar-refractivity contribution in [2.45, 2.75) is 25.7 Å². The van der Waals surface area contributed by atoms with Crippen LogP contribution in [0.5, 0.6) is 11.5 Å². The Kier molecular flexibility index (Phi) is 9.00. The van der Waals surface area contributed by atoms with Gasteiger partial charge in [-0.3, -0.25) is 4.79 Å². The number of nitrogens with zero attached hydrogens (tertiary/aromatic N) is 1. The van der Waals surface area contributed by atoms with E-state index in [9.17, 15) is 18.5 Å². The summed E-state index contributed by atoms with van der Waals surface area (Å²) in [6.07, 6.45) is 1.38. The van der Waals surface area contributed by atoms with E-state index in [1.807, 2.05) is 42.5 Å². The van der Waals surface area contributed by atoms with Gasteiger partial charge in [0.25, 0.3) is 5.91 Å². The summed E-state index contributed by atoms with van der Waals surface area (Å²) in [7, 11) is -4.12. The van der Waals surface area contributed by atoms with Crippen molar-refractivity contribution in [3.63, 3.8) is 0 Å². The SMILES string of the molecule is CCOc1cc(/C=C(\C#N)C(=O)Nc2ccc(C)c(Cl)c2)cc(I)c1OS(=O)(=O)c1ccc(C)cc1. The summed E-state index contributed by atoms with van der Waals surface area (Å²) in [5, 5.41) is 12.7. The molecule has 0 bridgehead atoms. The van der Waals surface area contributed by atoms with Crippen molar-refractivity contribution >= 4 is 62.0 Å². The van der Waals surface area contributed by atoms with Gasteiger partial charge < -0.3 is 14.2 Å². The number of anilines is 1. The Labute approximate surface area is 229 Å². The van der Waals surface area contributed by atoms with Gasteiger partial charge in [0, 0.05) is 10.7 Å². The molecule has 3 aromatic carbocycles. The summed E-state index contributed by atoms with van der Waals surface area (Å²) in [4.78, 5) is 12.7. The Morgan fingerprint density at radius 2 is 1.83 bits per heavy atom. The fraction of sp³-hybridized carbons (Fsp3) is 0.154. The normalized spacial score (nSPS) is 11.5. The third-order valence-electron chi connectivity index (χ3n) is 4.94. The summed E-state index contributed by atoms with van der Waals surface area (Å²) >= 11 is 8.03. The minimum atomic E-state index is -4.12. The zero-order valence-corrected chi connectivity index (χ0v) is 23.4. The second-order valence-corrected chi connectivity index (χ2v) is 10.8. The van der Waals surface area contributed by atoms with Crippen molar-refractivity contribution < 1.29 is 22.1 Å². The maximum atomic E-state index is 12.8. The maximum absolute atomic E-state index is 12.8. The van der Waals surface area contributed by atoms with Crippen LogP contribution in [0.4, 0.5) is 5.69 Å². The molecule has 0 aromatic heterocycles. The number of aryl methyl sites for hydroxylation is 2. The Morgan fingerprint density at radius 1 is 1.14 bits per heavy atom. The fourth-order valence-corrected chi connectivity index (χ4v) is 5.08. The molecule has 0 saturated carbocycles. The highest BCUT2D eigenvalue weighted by Crippen LogP contribution is 2.37. The molecule has 1 amide bonds.